The van der Waals surface area contributed by atoms with E-state index in [1.54, 1.807) is 0 Å². The monoisotopic (exact) mass is 405 g/mol. The van der Waals surface area contributed by atoms with Crippen molar-refractivity contribution < 1.29 is 0 Å². The van der Waals surface area contributed by atoms with Crippen LogP contribution in [0.3, 0.4) is 0 Å². The lowest BCUT2D eigenvalue weighted by molar-refractivity contribution is 1.19. The van der Waals surface area contributed by atoms with Crippen LogP contribution in [0.15, 0.2) is 102 Å². The van der Waals surface area contributed by atoms with Crippen LogP contribution >= 0.6 is 0 Å². The number of hydrogen-bond donors (Lipinski definition) is 1. The van der Waals surface area contributed by atoms with Crippen molar-refractivity contribution in [1.29, 1.82) is 0 Å². The average molecular weight is 406 g/mol. The minimum Gasteiger partial charge on any atom is -0.321 e. The molecule has 154 valence electrons. The summed E-state index contributed by atoms with van der Waals surface area (Å²) in [5, 5.41) is 4.25. The summed E-state index contributed by atoms with van der Waals surface area (Å²) in [7, 11) is 0. The lowest BCUT2D eigenvalue weighted by Crippen LogP contribution is -2.28. The zero-order chi connectivity index (χ0) is 21.8. The molecule has 0 saturated carbocycles. The zero-order valence-corrected chi connectivity index (χ0v) is 18.2. The smallest absolute Gasteiger partial charge is 0.164 e. The maximum absolute atomic E-state index is 6.00. The number of nitrogens with zero attached hydrogens (tertiary/aromatic N) is 2. The van der Waals surface area contributed by atoms with Gasteiger partial charge in [-0.15, -0.1) is 0 Å². The molecule has 0 aliphatic rings. The van der Waals surface area contributed by atoms with Crippen LogP contribution in [0.5, 0.6) is 0 Å². The molecule has 0 amide bonds. The normalized spacial score (nSPS) is 11.4. The summed E-state index contributed by atoms with van der Waals surface area (Å²) in [6.45, 7) is 6.41. The van der Waals surface area contributed by atoms with Crippen molar-refractivity contribution >= 4 is 17.2 Å². The van der Waals surface area contributed by atoms with E-state index < -0.39 is 0 Å². The second-order valence-electron chi connectivity index (χ2n) is 7.83. The second-order valence-corrected chi connectivity index (χ2v) is 7.83. The van der Waals surface area contributed by atoms with Gasteiger partial charge >= 0.3 is 0 Å². The number of nitrogens with two attached hydrogens (primary N) is 1. The van der Waals surface area contributed by atoms with Gasteiger partial charge in [-0.2, -0.15) is 5.10 Å². The van der Waals surface area contributed by atoms with Gasteiger partial charge in [0.25, 0.3) is 0 Å². The molecule has 4 aromatic carbocycles. The highest BCUT2D eigenvalue weighted by molar-refractivity contribution is 6.15. The minimum absolute atomic E-state index is 0.696. The fourth-order valence-electron chi connectivity index (χ4n) is 3.89. The summed E-state index contributed by atoms with van der Waals surface area (Å²) < 4.78 is 0. The molecule has 2 N–H and O–H groups in total. The van der Waals surface area contributed by atoms with Gasteiger partial charge in [-0.3, -0.25) is 4.90 Å². The first-order chi connectivity index (χ1) is 15.1. The summed E-state index contributed by atoms with van der Waals surface area (Å²) >= 11 is 0. The van der Waals surface area contributed by atoms with E-state index in [0.717, 1.165) is 22.5 Å². The van der Waals surface area contributed by atoms with Crippen molar-refractivity contribution in [2.45, 2.75) is 20.8 Å². The molecule has 0 spiro atoms. The highest BCUT2D eigenvalue weighted by atomic mass is 15.3. The Morgan fingerprint density at radius 1 is 0.677 bits per heavy atom. The molecule has 0 aromatic heterocycles. The Kier molecular flexibility index (Phi) is 5.85. The van der Waals surface area contributed by atoms with Gasteiger partial charge in [-0.1, -0.05) is 83.9 Å². The van der Waals surface area contributed by atoms with Crippen LogP contribution < -0.4 is 10.7 Å². The third-order valence-corrected chi connectivity index (χ3v) is 5.46. The standard InChI is InChI=1S/C28H27N3/c1-20-14-16-22(3)25(18-20)26-19-21(2)15-17-27(26)31(24-12-8-5-9-13-24)28(30-29)23-10-6-4-7-11-23/h4-19H,29H2,1-3H3/b30-28-. The Bertz CT molecular complexity index is 1210. The summed E-state index contributed by atoms with van der Waals surface area (Å²) in [5.41, 5.74) is 9.04. The van der Waals surface area contributed by atoms with Crippen molar-refractivity contribution in [3.05, 3.63) is 119 Å². The van der Waals surface area contributed by atoms with Gasteiger partial charge in [0.1, 0.15) is 0 Å². The van der Waals surface area contributed by atoms with Gasteiger partial charge in [-0.25, -0.2) is 0 Å². The molecule has 0 unspecified atom stereocenters. The van der Waals surface area contributed by atoms with E-state index in [1.165, 1.54) is 22.3 Å². The van der Waals surface area contributed by atoms with Crippen LogP contribution in [-0.4, -0.2) is 5.84 Å². The van der Waals surface area contributed by atoms with Gasteiger partial charge in [0.2, 0.25) is 0 Å². The lowest BCUT2D eigenvalue weighted by Gasteiger charge is -2.29. The lowest BCUT2D eigenvalue weighted by atomic mass is 9.94. The highest BCUT2D eigenvalue weighted by Crippen LogP contribution is 2.38. The molecule has 0 aliphatic carbocycles. The van der Waals surface area contributed by atoms with E-state index in [0.29, 0.717) is 5.84 Å². The molecule has 4 aromatic rings. The highest BCUT2D eigenvalue weighted by Gasteiger charge is 2.22. The molecule has 4 rings (SSSR count). The van der Waals surface area contributed by atoms with E-state index in [1.807, 2.05) is 48.5 Å². The maximum Gasteiger partial charge on any atom is 0.164 e. The number of anilines is 2. The predicted molar refractivity (Wildman–Crippen MR) is 132 cm³/mol. The van der Waals surface area contributed by atoms with Crippen LogP contribution in [0.1, 0.15) is 22.3 Å². The molecule has 3 heteroatoms. The summed E-state index contributed by atoms with van der Waals surface area (Å²) in [6, 6.07) is 33.5. The predicted octanol–water partition coefficient (Wildman–Crippen LogP) is 6.74. The minimum atomic E-state index is 0.696. The Labute approximate surface area is 184 Å². The van der Waals surface area contributed by atoms with Gasteiger partial charge < -0.3 is 5.84 Å². The Morgan fingerprint density at radius 3 is 1.90 bits per heavy atom. The molecule has 0 saturated heterocycles. The average Bonchev–Trinajstić information content (AvgIpc) is 2.80. The molecule has 0 bridgehead atoms. The fraction of sp³-hybridized carbons (Fsp3) is 0.107. The molecule has 0 radical (unpaired) electrons. The molecule has 0 atom stereocenters. The van der Waals surface area contributed by atoms with E-state index in [9.17, 15) is 0 Å². The van der Waals surface area contributed by atoms with Crippen molar-refractivity contribution in [1.82, 2.24) is 0 Å². The van der Waals surface area contributed by atoms with Gasteiger partial charge in [0, 0.05) is 16.8 Å². The molecular weight excluding hydrogens is 378 g/mol. The molecule has 31 heavy (non-hydrogen) atoms. The van der Waals surface area contributed by atoms with Crippen LogP contribution in [0.2, 0.25) is 0 Å². The van der Waals surface area contributed by atoms with Crippen molar-refractivity contribution in [3.8, 4) is 11.1 Å². The molecule has 0 fully saturated rings. The van der Waals surface area contributed by atoms with Crippen LogP contribution in [-0.2, 0) is 0 Å². The number of benzene rings is 4. The molecule has 3 nitrogen and oxygen atoms in total. The number of aryl methyl sites for hydroxylation is 3. The van der Waals surface area contributed by atoms with Crippen LogP contribution in [0.25, 0.3) is 11.1 Å². The van der Waals surface area contributed by atoms with Gasteiger partial charge in [-0.05, 0) is 56.2 Å². The Morgan fingerprint density at radius 2 is 1.26 bits per heavy atom. The first-order valence-electron chi connectivity index (χ1n) is 10.5. The third kappa shape index (κ3) is 4.22. The topological polar surface area (TPSA) is 41.6 Å². The van der Waals surface area contributed by atoms with Gasteiger partial charge in [0.05, 0.1) is 5.69 Å². The van der Waals surface area contributed by atoms with Crippen molar-refractivity contribution in [2.75, 3.05) is 4.90 Å². The first-order valence-corrected chi connectivity index (χ1v) is 10.5. The number of hydrogen-bond acceptors (Lipinski definition) is 2. The van der Waals surface area contributed by atoms with E-state index >= 15 is 0 Å². The second kappa shape index (κ2) is 8.88. The SMILES string of the molecule is Cc1ccc(C)c(-c2cc(C)ccc2N(/C(=N\N)c2ccccc2)c2ccccc2)c1. The quantitative estimate of drug-likeness (QED) is 0.177. The number of rotatable bonds is 4. The fourth-order valence-corrected chi connectivity index (χ4v) is 3.89. The van der Waals surface area contributed by atoms with E-state index in [4.69, 9.17) is 5.84 Å². The van der Waals surface area contributed by atoms with E-state index in [-0.39, 0.29) is 0 Å². The molecular formula is C28H27N3. The van der Waals surface area contributed by atoms with Crippen molar-refractivity contribution in [3.63, 3.8) is 0 Å². The third-order valence-electron chi connectivity index (χ3n) is 5.46. The maximum atomic E-state index is 6.00. The summed E-state index contributed by atoms with van der Waals surface area (Å²) in [6.07, 6.45) is 0. The van der Waals surface area contributed by atoms with E-state index in [2.05, 4.69) is 79.3 Å². The summed E-state index contributed by atoms with van der Waals surface area (Å²) in [4.78, 5) is 2.14. The number of para-hydroxylation sites is 1. The van der Waals surface area contributed by atoms with Gasteiger partial charge in [0.15, 0.2) is 5.84 Å². The van der Waals surface area contributed by atoms with Crippen LogP contribution in [0, 0.1) is 20.8 Å². The number of amidine groups is 1. The van der Waals surface area contributed by atoms with Crippen LogP contribution in [0.4, 0.5) is 11.4 Å². The number of hydrazone groups is 1. The molecule has 0 aliphatic heterocycles. The zero-order valence-electron chi connectivity index (χ0n) is 18.2. The Balaban J connectivity index is 2.00. The van der Waals surface area contributed by atoms with Crippen molar-refractivity contribution in [2.24, 2.45) is 10.9 Å². The summed E-state index contributed by atoms with van der Waals surface area (Å²) in [5.74, 6) is 6.70. The Hall–Kier alpha value is -3.85. The first kappa shape index (κ1) is 20.4. The largest absolute Gasteiger partial charge is 0.321 e. The molecule has 0 heterocycles.